The van der Waals surface area contributed by atoms with Crippen molar-refractivity contribution in [2.24, 2.45) is 5.73 Å². The van der Waals surface area contributed by atoms with Gasteiger partial charge in [-0.25, -0.2) is 0 Å². The average Bonchev–Trinajstić information content (AvgIpc) is 2.65. The van der Waals surface area contributed by atoms with E-state index in [9.17, 15) is 0 Å². The van der Waals surface area contributed by atoms with Gasteiger partial charge in [0.2, 0.25) is 0 Å². The van der Waals surface area contributed by atoms with E-state index in [2.05, 4.69) is 40.3 Å². The maximum absolute atomic E-state index is 5.71. The van der Waals surface area contributed by atoms with Crippen LogP contribution in [0.1, 0.15) is 5.56 Å². The number of aromatic nitrogens is 1. The first-order chi connectivity index (χ1) is 7.36. The maximum Gasteiger partial charge on any atom is 0.0701 e. The Bertz CT molecular complexity index is 445. The monoisotopic (exact) mass is 203 g/mol. The van der Waals surface area contributed by atoms with Crippen molar-refractivity contribution in [2.75, 3.05) is 13.6 Å². The number of hydrogen-bond donors (Lipinski definition) is 2. The van der Waals surface area contributed by atoms with Crippen LogP contribution in [0.15, 0.2) is 30.5 Å². The molecule has 0 amide bonds. The Morgan fingerprint density at radius 1 is 1.33 bits per heavy atom. The van der Waals surface area contributed by atoms with E-state index in [0.717, 1.165) is 13.0 Å². The molecule has 3 N–H and O–H groups in total. The Hall–Kier alpha value is -1.32. The Morgan fingerprint density at radius 2 is 2.13 bits per heavy atom. The molecule has 0 saturated carbocycles. The van der Waals surface area contributed by atoms with Gasteiger partial charge in [0.15, 0.2) is 0 Å². The van der Waals surface area contributed by atoms with Crippen molar-refractivity contribution in [1.82, 2.24) is 9.88 Å². The highest BCUT2D eigenvalue weighted by Gasteiger charge is 2.05. The molecule has 0 unspecified atom stereocenters. The van der Waals surface area contributed by atoms with Crippen LogP contribution in [0, 0.1) is 0 Å². The molecule has 0 aliphatic heterocycles. The summed E-state index contributed by atoms with van der Waals surface area (Å²) in [4.78, 5) is 0. The second kappa shape index (κ2) is 4.47. The van der Waals surface area contributed by atoms with Gasteiger partial charge in [-0.3, -0.25) is 0 Å². The zero-order valence-electron chi connectivity index (χ0n) is 9.03. The summed E-state index contributed by atoms with van der Waals surface area (Å²) in [5.41, 5.74) is 8.30. The van der Waals surface area contributed by atoms with Gasteiger partial charge in [0.05, 0.1) is 6.67 Å². The molecular weight excluding hydrogens is 186 g/mol. The van der Waals surface area contributed by atoms with Gasteiger partial charge in [-0.15, -0.1) is 0 Å². The van der Waals surface area contributed by atoms with Gasteiger partial charge in [-0.2, -0.15) is 0 Å². The van der Waals surface area contributed by atoms with Crippen LogP contribution in [0.25, 0.3) is 10.9 Å². The third-order valence-corrected chi connectivity index (χ3v) is 2.71. The summed E-state index contributed by atoms with van der Waals surface area (Å²) in [5.74, 6) is 0. The number of hydrogen-bond acceptors (Lipinski definition) is 2. The van der Waals surface area contributed by atoms with Gasteiger partial charge >= 0.3 is 0 Å². The molecule has 0 saturated heterocycles. The minimum Gasteiger partial charge on any atom is -0.334 e. The van der Waals surface area contributed by atoms with E-state index in [1.807, 2.05) is 7.05 Å². The van der Waals surface area contributed by atoms with E-state index < -0.39 is 0 Å². The van der Waals surface area contributed by atoms with E-state index in [4.69, 9.17) is 5.73 Å². The van der Waals surface area contributed by atoms with E-state index in [-0.39, 0.29) is 0 Å². The molecule has 2 aromatic rings. The molecule has 15 heavy (non-hydrogen) atoms. The lowest BCUT2D eigenvalue weighted by Gasteiger charge is -1.98. The largest absolute Gasteiger partial charge is 0.334 e. The first-order valence-corrected chi connectivity index (χ1v) is 5.28. The van der Waals surface area contributed by atoms with Crippen LogP contribution in [0.5, 0.6) is 0 Å². The molecule has 0 atom stereocenters. The number of fused-ring (bicyclic) bond motifs is 1. The summed E-state index contributed by atoms with van der Waals surface area (Å²) in [6.45, 7) is 1.54. The normalized spacial score (nSPS) is 11.1. The van der Waals surface area contributed by atoms with Crippen molar-refractivity contribution in [3.63, 3.8) is 0 Å². The standard InChI is InChI=1S/C12H17N3/c1-14-7-6-10-8-15(9-13)12-5-3-2-4-11(10)12/h2-5,8,14H,6-7,9,13H2,1H3. The number of nitrogens with zero attached hydrogens (tertiary/aromatic N) is 1. The zero-order valence-corrected chi connectivity index (χ0v) is 9.03. The topological polar surface area (TPSA) is 43.0 Å². The van der Waals surface area contributed by atoms with Gasteiger partial charge in [0.1, 0.15) is 0 Å². The van der Waals surface area contributed by atoms with E-state index >= 15 is 0 Å². The molecule has 0 spiro atoms. The summed E-state index contributed by atoms with van der Waals surface area (Å²) >= 11 is 0. The summed E-state index contributed by atoms with van der Waals surface area (Å²) in [5, 5.41) is 4.49. The number of para-hydroxylation sites is 1. The molecule has 0 bridgehead atoms. The minimum atomic E-state index is 0.542. The third-order valence-electron chi connectivity index (χ3n) is 2.71. The maximum atomic E-state index is 5.71. The molecular formula is C12H17N3. The number of rotatable bonds is 4. The second-order valence-electron chi connectivity index (χ2n) is 3.68. The molecule has 2 rings (SSSR count). The average molecular weight is 203 g/mol. The van der Waals surface area contributed by atoms with Crippen molar-refractivity contribution < 1.29 is 0 Å². The van der Waals surface area contributed by atoms with E-state index in [1.165, 1.54) is 16.5 Å². The SMILES string of the molecule is CNCCc1cn(CN)c2ccccc12. The molecule has 3 heteroatoms. The fourth-order valence-corrected chi connectivity index (χ4v) is 1.93. The van der Waals surface area contributed by atoms with Crippen molar-refractivity contribution in [3.05, 3.63) is 36.0 Å². The van der Waals surface area contributed by atoms with E-state index in [0.29, 0.717) is 6.67 Å². The van der Waals surface area contributed by atoms with Crippen LogP contribution in [0.2, 0.25) is 0 Å². The molecule has 3 nitrogen and oxygen atoms in total. The van der Waals surface area contributed by atoms with Crippen LogP contribution in [0.4, 0.5) is 0 Å². The fourth-order valence-electron chi connectivity index (χ4n) is 1.93. The summed E-state index contributed by atoms with van der Waals surface area (Å²) in [6.07, 6.45) is 3.20. The second-order valence-corrected chi connectivity index (χ2v) is 3.68. The van der Waals surface area contributed by atoms with Gasteiger partial charge < -0.3 is 15.6 Å². The molecule has 0 aliphatic rings. The van der Waals surface area contributed by atoms with Crippen molar-refractivity contribution >= 4 is 10.9 Å². The lowest BCUT2D eigenvalue weighted by atomic mass is 10.1. The smallest absolute Gasteiger partial charge is 0.0701 e. The molecule has 0 fully saturated rings. The Balaban J connectivity index is 2.45. The first-order valence-electron chi connectivity index (χ1n) is 5.28. The Morgan fingerprint density at radius 3 is 2.87 bits per heavy atom. The highest BCUT2D eigenvalue weighted by molar-refractivity contribution is 5.83. The molecule has 1 heterocycles. The van der Waals surface area contributed by atoms with Crippen molar-refractivity contribution in [1.29, 1.82) is 0 Å². The van der Waals surface area contributed by atoms with Crippen molar-refractivity contribution in [3.8, 4) is 0 Å². The highest BCUT2D eigenvalue weighted by atomic mass is 15.0. The minimum absolute atomic E-state index is 0.542. The molecule has 0 radical (unpaired) electrons. The third kappa shape index (κ3) is 1.89. The predicted molar refractivity (Wildman–Crippen MR) is 63.8 cm³/mol. The van der Waals surface area contributed by atoms with Gasteiger partial charge in [-0.1, -0.05) is 18.2 Å². The number of benzene rings is 1. The first kappa shape index (κ1) is 10.2. The lowest BCUT2D eigenvalue weighted by molar-refractivity contribution is 0.750. The molecule has 0 aliphatic carbocycles. The Kier molecular flexibility index (Phi) is 3.04. The number of likely N-dealkylation sites (N-methyl/N-ethyl adjacent to an activating group) is 1. The summed E-state index contributed by atoms with van der Waals surface area (Å²) in [7, 11) is 1.97. The summed E-state index contributed by atoms with van der Waals surface area (Å²) in [6, 6.07) is 8.40. The van der Waals surface area contributed by atoms with Crippen LogP contribution in [0.3, 0.4) is 0 Å². The van der Waals surface area contributed by atoms with Gasteiger partial charge in [-0.05, 0) is 31.6 Å². The highest BCUT2D eigenvalue weighted by Crippen LogP contribution is 2.20. The predicted octanol–water partition coefficient (Wildman–Crippen LogP) is 1.32. The fraction of sp³-hybridized carbons (Fsp3) is 0.333. The Labute approximate surface area is 89.9 Å². The quantitative estimate of drug-likeness (QED) is 0.787. The van der Waals surface area contributed by atoms with Crippen LogP contribution >= 0.6 is 0 Å². The van der Waals surface area contributed by atoms with Crippen molar-refractivity contribution in [2.45, 2.75) is 13.1 Å². The molecule has 1 aromatic carbocycles. The van der Waals surface area contributed by atoms with Gasteiger partial charge in [0.25, 0.3) is 0 Å². The number of nitrogens with one attached hydrogen (secondary N) is 1. The zero-order chi connectivity index (χ0) is 10.7. The van der Waals surface area contributed by atoms with Gasteiger partial charge in [0, 0.05) is 17.1 Å². The van der Waals surface area contributed by atoms with Crippen LogP contribution in [-0.2, 0) is 13.1 Å². The van der Waals surface area contributed by atoms with Crippen LogP contribution in [-0.4, -0.2) is 18.2 Å². The number of nitrogens with two attached hydrogens (primary N) is 1. The summed E-state index contributed by atoms with van der Waals surface area (Å²) < 4.78 is 2.10. The molecule has 1 aromatic heterocycles. The molecule has 80 valence electrons. The van der Waals surface area contributed by atoms with E-state index in [1.54, 1.807) is 0 Å². The van der Waals surface area contributed by atoms with Crippen LogP contribution < -0.4 is 11.1 Å². The lowest BCUT2D eigenvalue weighted by Crippen LogP contribution is -2.10.